The maximum Gasteiger partial charge on any atom is 0.433 e. The number of halogens is 1. The average molecular weight is 325 g/mol. The van der Waals surface area contributed by atoms with Crippen LogP contribution in [0.5, 0.6) is 0 Å². The number of nitrogens with one attached hydrogen (secondary N) is 1. The number of benzene rings is 1. The van der Waals surface area contributed by atoms with Gasteiger partial charge in [0.25, 0.3) is 5.91 Å². The number of nitro groups is 1. The highest BCUT2D eigenvalue weighted by Gasteiger charge is 2.17. The van der Waals surface area contributed by atoms with Crippen LogP contribution in [0, 0.1) is 10.1 Å². The number of hydrogen-bond donors (Lipinski definition) is 1. The number of carbonyl (C=O) groups excluding carboxylic acids is 1. The molecule has 98 valence electrons. The van der Waals surface area contributed by atoms with Crippen molar-refractivity contribution in [2.24, 2.45) is 0 Å². The molecule has 1 N–H and O–H groups in total. The second kappa shape index (κ2) is 5.66. The Balaban J connectivity index is 2.13. The van der Waals surface area contributed by atoms with E-state index >= 15 is 0 Å². The van der Waals surface area contributed by atoms with E-state index in [2.05, 4.69) is 21.2 Å². The Hall–Kier alpha value is -2.15. The largest absolute Gasteiger partial charge is 0.433 e. The summed E-state index contributed by atoms with van der Waals surface area (Å²) in [6.45, 7) is 0. The normalized spacial score (nSPS) is 10.2. The van der Waals surface area contributed by atoms with E-state index in [-0.39, 0.29) is 5.76 Å². The Bertz CT molecular complexity index is 624. The van der Waals surface area contributed by atoms with Gasteiger partial charge >= 0.3 is 5.88 Å². The summed E-state index contributed by atoms with van der Waals surface area (Å²) in [6, 6.07) is 9.63. The predicted molar refractivity (Wildman–Crippen MR) is 72.4 cm³/mol. The maximum absolute atomic E-state index is 11.8. The number of alkyl halides is 1. The van der Waals surface area contributed by atoms with Crippen LogP contribution >= 0.6 is 15.9 Å². The van der Waals surface area contributed by atoms with Crippen LogP contribution in [0.4, 0.5) is 11.6 Å². The van der Waals surface area contributed by atoms with Crippen molar-refractivity contribution in [3.8, 4) is 0 Å². The van der Waals surface area contributed by atoms with Gasteiger partial charge in [-0.3, -0.25) is 14.9 Å². The molecule has 6 nitrogen and oxygen atoms in total. The predicted octanol–water partition coefficient (Wildman–Crippen LogP) is 3.34. The van der Waals surface area contributed by atoms with Crippen molar-refractivity contribution in [3.05, 3.63) is 57.8 Å². The Morgan fingerprint density at radius 2 is 2.16 bits per heavy atom. The van der Waals surface area contributed by atoms with Crippen molar-refractivity contribution in [2.45, 2.75) is 5.33 Å². The summed E-state index contributed by atoms with van der Waals surface area (Å²) < 4.78 is 4.82. The number of hydrogen-bond acceptors (Lipinski definition) is 4. The zero-order valence-corrected chi connectivity index (χ0v) is 11.2. The quantitative estimate of drug-likeness (QED) is 0.531. The van der Waals surface area contributed by atoms with Crippen molar-refractivity contribution in [2.75, 3.05) is 5.32 Å². The molecular weight excluding hydrogens is 316 g/mol. The maximum atomic E-state index is 11.8. The summed E-state index contributed by atoms with van der Waals surface area (Å²) in [5.74, 6) is -1.09. The van der Waals surface area contributed by atoms with Crippen LogP contribution in [0.3, 0.4) is 0 Å². The fourth-order valence-corrected chi connectivity index (χ4v) is 1.82. The van der Waals surface area contributed by atoms with E-state index in [1.807, 2.05) is 6.07 Å². The first-order valence-corrected chi connectivity index (χ1v) is 6.43. The molecule has 0 atom stereocenters. The van der Waals surface area contributed by atoms with Crippen molar-refractivity contribution >= 4 is 33.4 Å². The van der Waals surface area contributed by atoms with Gasteiger partial charge in [0.1, 0.15) is 4.92 Å². The zero-order chi connectivity index (χ0) is 13.8. The Kier molecular flexibility index (Phi) is 3.96. The van der Waals surface area contributed by atoms with Gasteiger partial charge in [0.2, 0.25) is 0 Å². The van der Waals surface area contributed by atoms with Crippen LogP contribution in [-0.4, -0.2) is 10.8 Å². The van der Waals surface area contributed by atoms with Crippen LogP contribution in [0.1, 0.15) is 16.1 Å². The van der Waals surface area contributed by atoms with Gasteiger partial charge in [-0.15, -0.1) is 0 Å². The van der Waals surface area contributed by atoms with Gasteiger partial charge in [0.05, 0.1) is 6.07 Å². The van der Waals surface area contributed by atoms with E-state index in [0.29, 0.717) is 11.0 Å². The summed E-state index contributed by atoms with van der Waals surface area (Å²) in [5, 5.41) is 13.7. The van der Waals surface area contributed by atoms with E-state index in [4.69, 9.17) is 4.42 Å². The van der Waals surface area contributed by atoms with Crippen molar-refractivity contribution in [3.63, 3.8) is 0 Å². The molecule has 0 radical (unpaired) electrons. The minimum absolute atomic E-state index is 0.101. The lowest BCUT2D eigenvalue weighted by Gasteiger charge is -2.04. The second-order valence-electron chi connectivity index (χ2n) is 3.68. The summed E-state index contributed by atoms with van der Waals surface area (Å²) in [6.07, 6.45) is 0. The van der Waals surface area contributed by atoms with E-state index in [0.717, 1.165) is 11.6 Å². The number of rotatable bonds is 4. The number of anilines is 1. The molecule has 0 aliphatic carbocycles. The highest BCUT2D eigenvalue weighted by molar-refractivity contribution is 9.08. The molecule has 0 unspecified atom stereocenters. The molecule has 0 bridgehead atoms. The molecule has 1 amide bonds. The number of amides is 1. The molecule has 0 aliphatic rings. The molecule has 0 aliphatic heterocycles. The minimum atomic E-state index is -0.692. The number of carbonyl (C=O) groups is 1. The van der Waals surface area contributed by atoms with E-state index in [1.54, 1.807) is 18.2 Å². The van der Waals surface area contributed by atoms with Gasteiger partial charge in [0.15, 0.2) is 5.76 Å². The lowest BCUT2D eigenvalue weighted by Crippen LogP contribution is -2.10. The first-order chi connectivity index (χ1) is 9.10. The van der Waals surface area contributed by atoms with Crippen LogP contribution < -0.4 is 5.32 Å². The average Bonchev–Trinajstić information content (AvgIpc) is 2.89. The van der Waals surface area contributed by atoms with Crippen LogP contribution in [0.15, 0.2) is 40.8 Å². The SMILES string of the molecule is O=C(Nc1cccc(CBr)c1)c1ccc([N+](=O)[O-])o1. The smallest absolute Gasteiger partial charge is 0.395 e. The standard InChI is InChI=1S/C12H9BrN2O4/c13-7-8-2-1-3-9(6-8)14-12(16)10-4-5-11(19-10)15(17)18/h1-6H,7H2,(H,14,16). The molecule has 7 heteroatoms. The number of furan rings is 1. The van der Waals surface area contributed by atoms with Crippen LogP contribution in [0.25, 0.3) is 0 Å². The summed E-state index contributed by atoms with van der Waals surface area (Å²) in [7, 11) is 0. The van der Waals surface area contributed by atoms with Crippen LogP contribution in [-0.2, 0) is 5.33 Å². The lowest BCUT2D eigenvalue weighted by molar-refractivity contribution is -0.402. The van der Waals surface area contributed by atoms with Gasteiger partial charge < -0.3 is 9.73 Å². The van der Waals surface area contributed by atoms with E-state index < -0.39 is 16.7 Å². The Morgan fingerprint density at radius 3 is 2.79 bits per heavy atom. The third-order valence-electron chi connectivity index (χ3n) is 2.33. The van der Waals surface area contributed by atoms with Gasteiger partial charge in [-0.05, 0) is 23.8 Å². The molecule has 0 saturated carbocycles. The summed E-state index contributed by atoms with van der Waals surface area (Å²) in [4.78, 5) is 21.6. The monoisotopic (exact) mass is 324 g/mol. The molecule has 19 heavy (non-hydrogen) atoms. The molecule has 2 rings (SSSR count). The number of nitrogens with zero attached hydrogens (tertiary/aromatic N) is 1. The fourth-order valence-electron chi connectivity index (χ4n) is 1.47. The second-order valence-corrected chi connectivity index (χ2v) is 4.24. The third kappa shape index (κ3) is 3.19. The van der Waals surface area contributed by atoms with Crippen molar-refractivity contribution in [1.29, 1.82) is 0 Å². The topological polar surface area (TPSA) is 85.4 Å². The lowest BCUT2D eigenvalue weighted by atomic mass is 10.2. The minimum Gasteiger partial charge on any atom is -0.395 e. The molecule has 0 saturated heterocycles. The summed E-state index contributed by atoms with van der Waals surface area (Å²) in [5.41, 5.74) is 1.60. The van der Waals surface area contributed by atoms with E-state index in [1.165, 1.54) is 6.07 Å². The first kappa shape index (κ1) is 13.3. The van der Waals surface area contributed by atoms with Crippen molar-refractivity contribution in [1.82, 2.24) is 0 Å². The Morgan fingerprint density at radius 1 is 1.37 bits per heavy atom. The van der Waals surface area contributed by atoms with Crippen LogP contribution in [0.2, 0.25) is 0 Å². The molecular formula is C12H9BrN2O4. The van der Waals surface area contributed by atoms with E-state index in [9.17, 15) is 14.9 Å². The van der Waals surface area contributed by atoms with Gasteiger partial charge in [-0.25, -0.2) is 0 Å². The van der Waals surface area contributed by atoms with Gasteiger partial charge in [-0.1, -0.05) is 28.1 Å². The molecule has 1 heterocycles. The molecule has 1 aromatic heterocycles. The highest BCUT2D eigenvalue weighted by Crippen LogP contribution is 2.18. The zero-order valence-electron chi connectivity index (χ0n) is 9.63. The fraction of sp³-hybridized carbons (Fsp3) is 0.0833. The Labute approximate surface area is 116 Å². The highest BCUT2D eigenvalue weighted by atomic mass is 79.9. The summed E-state index contributed by atoms with van der Waals surface area (Å²) >= 11 is 3.32. The first-order valence-electron chi connectivity index (χ1n) is 5.30. The van der Waals surface area contributed by atoms with Crippen molar-refractivity contribution < 1.29 is 14.1 Å². The third-order valence-corrected chi connectivity index (χ3v) is 2.98. The van der Waals surface area contributed by atoms with Gasteiger partial charge in [-0.2, -0.15) is 0 Å². The molecule has 0 spiro atoms. The molecule has 1 aromatic carbocycles. The molecule has 2 aromatic rings. The van der Waals surface area contributed by atoms with Gasteiger partial charge in [0, 0.05) is 11.0 Å². The molecule has 0 fully saturated rings.